The van der Waals surface area contributed by atoms with Gasteiger partial charge in [-0.1, -0.05) is 38.8 Å². The van der Waals surface area contributed by atoms with E-state index >= 15 is 0 Å². The Morgan fingerprint density at radius 2 is 1.64 bits per heavy atom. The van der Waals surface area contributed by atoms with Crippen molar-refractivity contribution in [2.24, 2.45) is 0 Å². The quantitative estimate of drug-likeness (QED) is 0.241. The zero-order valence-corrected chi connectivity index (χ0v) is 20.7. The first-order valence-electron chi connectivity index (χ1n) is 12.6. The highest BCUT2D eigenvalue weighted by Gasteiger charge is 2.28. The highest BCUT2D eigenvalue weighted by atomic mass is 19.2. The number of carbonyl (C=O) groups excluding carboxylic acids is 2. The minimum atomic E-state index is -1.56. The van der Waals surface area contributed by atoms with Crippen LogP contribution in [0.25, 0.3) is 0 Å². The van der Waals surface area contributed by atoms with Crippen molar-refractivity contribution in [2.45, 2.75) is 83.4 Å². The monoisotopic (exact) mass is 506 g/mol. The zero-order valence-electron chi connectivity index (χ0n) is 20.7. The van der Waals surface area contributed by atoms with Crippen LogP contribution in [0.15, 0.2) is 36.4 Å². The second-order valence-corrected chi connectivity index (χ2v) is 9.07. The molecule has 0 aromatic heterocycles. The Morgan fingerprint density at radius 1 is 0.944 bits per heavy atom. The SMILES string of the molecule is CCCC[C@H](F)C(=O)O[C@H]1CC[C@H](c2ccc(OC(=O)c3ccc(OCCC)c(F)c3F)cc2)CC1. The number of alkyl halides is 1. The number of unbranched alkanes of at least 4 members (excludes halogenated alkanes) is 1. The molecule has 1 saturated carbocycles. The van der Waals surface area contributed by atoms with E-state index in [0.717, 1.165) is 30.9 Å². The topological polar surface area (TPSA) is 61.8 Å². The predicted octanol–water partition coefficient (Wildman–Crippen LogP) is 7.07. The number of ether oxygens (including phenoxy) is 3. The molecule has 0 heterocycles. The molecule has 2 aromatic rings. The number of esters is 2. The van der Waals surface area contributed by atoms with Gasteiger partial charge in [0.05, 0.1) is 12.2 Å². The summed E-state index contributed by atoms with van der Waals surface area (Å²) in [5.41, 5.74) is 0.513. The maximum atomic E-state index is 14.4. The molecule has 1 fully saturated rings. The van der Waals surface area contributed by atoms with Crippen LogP contribution >= 0.6 is 0 Å². The molecule has 5 nitrogen and oxygen atoms in total. The van der Waals surface area contributed by atoms with Crippen molar-refractivity contribution >= 4 is 11.9 Å². The maximum Gasteiger partial charge on any atom is 0.346 e. The van der Waals surface area contributed by atoms with Crippen molar-refractivity contribution in [1.29, 1.82) is 0 Å². The summed E-state index contributed by atoms with van der Waals surface area (Å²) in [6.45, 7) is 4.02. The average molecular weight is 507 g/mol. The van der Waals surface area contributed by atoms with Gasteiger partial charge in [0.2, 0.25) is 5.82 Å². The van der Waals surface area contributed by atoms with Crippen LogP contribution in [0.1, 0.15) is 87.1 Å². The molecule has 0 aliphatic heterocycles. The van der Waals surface area contributed by atoms with Gasteiger partial charge in [-0.05, 0) is 74.3 Å². The molecule has 0 spiro atoms. The molecule has 36 heavy (non-hydrogen) atoms. The summed E-state index contributed by atoms with van der Waals surface area (Å²) in [7, 11) is 0. The number of hydrogen-bond acceptors (Lipinski definition) is 5. The molecule has 3 rings (SSSR count). The molecule has 1 aliphatic carbocycles. The summed E-state index contributed by atoms with van der Waals surface area (Å²) in [4.78, 5) is 24.3. The molecule has 1 aliphatic rings. The number of rotatable bonds is 11. The Hall–Kier alpha value is -3.03. The van der Waals surface area contributed by atoms with E-state index in [-0.39, 0.29) is 36.5 Å². The lowest BCUT2D eigenvalue weighted by molar-refractivity contribution is -0.157. The van der Waals surface area contributed by atoms with Crippen LogP contribution in [0.4, 0.5) is 13.2 Å². The van der Waals surface area contributed by atoms with E-state index in [9.17, 15) is 22.8 Å². The summed E-state index contributed by atoms with van der Waals surface area (Å²) in [6.07, 6.45) is 3.33. The van der Waals surface area contributed by atoms with Crippen LogP contribution < -0.4 is 9.47 Å². The van der Waals surface area contributed by atoms with E-state index in [0.29, 0.717) is 25.7 Å². The van der Waals surface area contributed by atoms with Gasteiger partial charge in [-0.3, -0.25) is 0 Å². The standard InChI is InChI=1S/C28H33F3O5/c1-3-5-6-23(29)28(33)36-21-13-9-19(10-14-21)18-7-11-20(12-8-18)35-27(32)22-15-16-24(34-17-4-2)26(31)25(22)30/h7-8,11-12,15-16,19,21,23H,3-6,9-10,13-14,17H2,1-2H3/t19-,21-,23-/m0/s1. The van der Waals surface area contributed by atoms with Gasteiger partial charge >= 0.3 is 11.9 Å². The van der Waals surface area contributed by atoms with E-state index in [1.807, 2.05) is 26.0 Å². The Labute approximate surface area is 209 Å². The molecule has 0 N–H and O–H groups in total. The molecule has 2 aromatic carbocycles. The Morgan fingerprint density at radius 3 is 2.28 bits per heavy atom. The Kier molecular flexibility index (Phi) is 10.2. The van der Waals surface area contributed by atoms with Gasteiger partial charge in [-0.2, -0.15) is 4.39 Å². The third-order valence-corrected chi connectivity index (χ3v) is 6.31. The lowest BCUT2D eigenvalue weighted by Gasteiger charge is -2.29. The summed E-state index contributed by atoms with van der Waals surface area (Å²) in [5, 5.41) is 0. The van der Waals surface area contributed by atoms with Gasteiger partial charge in [0.15, 0.2) is 17.7 Å². The molecule has 0 unspecified atom stereocenters. The van der Waals surface area contributed by atoms with Gasteiger partial charge in [0.25, 0.3) is 0 Å². The first kappa shape index (κ1) is 27.6. The predicted molar refractivity (Wildman–Crippen MR) is 129 cm³/mol. The first-order chi connectivity index (χ1) is 17.3. The summed E-state index contributed by atoms with van der Waals surface area (Å²) >= 11 is 0. The summed E-state index contributed by atoms with van der Waals surface area (Å²) < 4.78 is 58.1. The third-order valence-electron chi connectivity index (χ3n) is 6.31. The number of halogens is 3. The maximum absolute atomic E-state index is 14.4. The van der Waals surface area contributed by atoms with Crippen molar-refractivity contribution in [3.05, 3.63) is 59.2 Å². The minimum absolute atomic E-state index is 0.196. The average Bonchev–Trinajstić information content (AvgIpc) is 2.89. The lowest BCUT2D eigenvalue weighted by atomic mass is 9.83. The van der Waals surface area contributed by atoms with E-state index in [4.69, 9.17) is 14.2 Å². The van der Waals surface area contributed by atoms with Gasteiger partial charge in [0, 0.05) is 0 Å². The highest BCUT2D eigenvalue weighted by molar-refractivity contribution is 5.91. The second kappa shape index (κ2) is 13.3. The molecule has 0 amide bonds. The molecular weight excluding hydrogens is 473 g/mol. The van der Waals surface area contributed by atoms with Crippen molar-refractivity contribution < 1.29 is 37.0 Å². The van der Waals surface area contributed by atoms with Crippen molar-refractivity contribution in [2.75, 3.05) is 6.61 Å². The van der Waals surface area contributed by atoms with E-state index in [2.05, 4.69) is 0 Å². The molecule has 0 bridgehead atoms. The largest absolute Gasteiger partial charge is 0.490 e. The molecule has 196 valence electrons. The fourth-order valence-electron chi connectivity index (χ4n) is 4.24. The molecule has 1 atom stereocenters. The Bertz CT molecular complexity index is 1020. The van der Waals surface area contributed by atoms with Crippen LogP contribution in [0.3, 0.4) is 0 Å². The minimum Gasteiger partial charge on any atom is -0.490 e. The van der Waals surface area contributed by atoms with Crippen LogP contribution in [0.2, 0.25) is 0 Å². The molecule has 8 heteroatoms. The van der Waals surface area contributed by atoms with Gasteiger partial charge in [-0.25, -0.2) is 18.4 Å². The lowest BCUT2D eigenvalue weighted by Crippen LogP contribution is -2.28. The van der Waals surface area contributed by atoms with Crippen LogP contribution in [-0.2, 0) is 9.53 Å². The fourth-order valence-corrected chi connectivity index (χ4v) is 4.24. The van der Waals surface area contributed by atoms with E-state index in [1.54, 1.807) is 12.1 Å². The molecule has 0 saturated heterocycles. The first-order valence-corrected chi connectivity index (χ1v) is 12.6. The highest BCUT2D eigenvalue weighted by Crippen LogP contribution is 2.35. The van der Waals surface area contributed by atoms with Gasteiger partial charge < -0.3 is 14.2 Å². The van der Waals surface area contributed by atoms with Crippen molar-refractivity contribution in [3.8, 4) is 11.5 Å². The fraction of sp³-hybridized carbons (Fsp3) is 0.500. The van der Waals surface area contributed by atoms with E-state index in [1.165, 1.54) is 6.07 Å². The second-order valence-electron chi connectivity index (χ2n) is 9.07. The van der Waals surface area contributed by atoms with Crippen molar-refractivity contribution in [3.63, 3.8) is 0 Å². The smallest absolute Gasteiger partial charge is 0.346 e. The van der Waals surface area contributed by atoms with Crippen LogP contribution in [0.5, 0.6) is 11.5 Å². The number of benzene rings is 2. The third kappa shape index (κ3) is 7.24. The molecule has 0 radical (unpaired) electrons. The van der Waals surface area contributed by atoms with Crippen LogP contribution in [0, 0.1) is 11.6 Å². The number of carbonyl (C=O) groups is 2. The Balaban J connectivity index is 1.52. The summed E-state index contributed by atoms with van der Waals surface area (Å²) in [6, 6.07) is 9.20. The zero-order chi connectivity index (χ0) is 26.1. The van der Waals surface area contributed by atoms with Crippen molar-refractivity contribution in [1.82, 2.24) is 0 Å². The molecular formula is C28H33F3O5. The van der Waals surface area contributed by atoms with E-state index < -0.39 is 35.3 Å². The number of hydrogen-bond donors (Lipinski definition) is 0. The normalized spacial score (nSPS) is 18.4. The van der Waals surface area contributed by atoms with Gasteiger partial charge in [0.1, 0.15) is 11.9 Å². The van der Waals surface area contributed by atoms with Gasteiger partial charge in [-0.15, -0.1) is 0 Å². The summed E-state index contributed by atoms with van der Waals surface area (Å²) in [5.74, 6) is -4.12. The van der Waals surface area contributed by atoms with Crippen LogP contribution in [-0.4, -0.2) is 30.8 Å².